The van der Waals surface area contributed by atoms with Gasteiger partial charge in [0.05, 0.1) is 10.1 Å². The highest BCUT2D eigenvalue weighted by Crippen LogP contribution is 2.29. The summed E-state index contributed by atoms with van der Waals surface area (Å²) in [6, 6.07) is 7.94. The first-order valence-corrected chi connectivity index (χ1v) is 9.14. The second kappa shape index (κ2) is 9.36. The van der Waals surface area contributed by atoms with E-state index < -0.39 is 17.3 Å². The molecule has 0 aliphatic rings. The Morgan fingerprint density at radius 3 is 2.43 bits per heavy atom. The van der Waals surface area contributed by atoms with E-state index >= 15 is 0 Å². The van der Waals surface area contributed by atoms with Gasteiger partial charge in [0.1, 0.15) is 16.8 Å². The lowest BCUT2D eigenvalue weighted by atomic mass is 10.1. The fourth-order valence-electron chi connectivity index (χ4n) is 2.42. The van der Waals surface area contributed by atoms with E-state index in [0.29, 0.717) is 25.2 Å². The molecule has 1 heterocycles. The van der Waals surface area contributed by atoms with Gasteiger partial charge in [-0.3, -0.25) is 9.36 Å². The standard InChI is InChI=1S/C19H16F3N3O2S/c1-2-27-9-3-8-25-17(26)16(28-18(25)14(11-23)12-24)10-13-4-6-15(7-5-13)19(20,21)22/h4-7,10H,2-3,8-9H2,1H3/b16-10-. The number of thiazole rings is 1. The van der Waals surface area contributed by atoms with Crippen LogP contribution in [-0.4, -0.2) is 17.8 Å². The highest BCUT2D eigenvalue weighted by Gasteiger charge is 2.29. The van der Waals surface area contributed by atoms with Crippen molar-refractivity contribution < 1.29 is 17.9 Å². The van der Waals surface area contributed by atoms with E-state index in [9.17, 15) is 18.0 Å². The lowest BCUT2D eigenvalue weighted by Gasteiger charge is -2.05. The molecule has 9 heteroatoms. The summed E-state index contributed by atoms with van der Waals surface area (Å²) in [4.78, 5) is 12.7. The van der Waals surface area contributed by atoms with Crippen LogP contribution in [0.3, 0.4) is 0 Å². The summed E-state index contributed by atoms with van der Waals surface area (Å²) in [5, 5.41) is 18.3. The Morgan fingerprint density at radius 2 is 1.89 bits per heavy atom. The predicted octanol–water partition coefficient (Wildman–Crippen LogP) is 2.38. The van der Waals surface area contributed by atoms with E-state index in [1.165, 1.54) is 22.8 Å². The van der Waals surface area contributed by atoms with Gasteiger partial charge >= 0.3 is 6.18 Å². The van der Waals surface area contributed by atoms with Gasteiger partial charge in [0.2, 0.25) is 0 Å². The number of hydrogen-bond donors (Lipinski definition) is 0. The molecule has 0 saturated carbocycles. The minimum absolute atomic E-state index is 0.189. The fourth-order valence-corrected chi connectivity index (χ4v) is 3.50. The highest BCUT2D eigenvalue weighted by atomic mass is 32.1. The Balaban J connectivity index is 2.53. The van der Waals surface area contributed by atoms with Crippen LogP contribution in [0.2, 0.25) is 0 Å². The van der Waals surface area contributed by atoms with Gasteiger partial charge in [-0.05, 0) is 37.1 Å². The van der Waals surface area contributed by atoms with Gasteiger partial charge in [-0.25, -0.2) is 0 Å². The minimum Gasteiger partial charge on any atom is -0.382 e. The molecular weight excluding hydrogens is 391 g/mol. The van der Waals surface area contributed by atoms with Crippen LogP contribution in [-0.2, 0) is 17.5 Å². The summed E-state index contributed by atoms with van der Waals surface area (Å²) in [5.74, 6) is 0. The SMILES string of the molecule is CCOCCCn1c(=C(C#N)C#N)s/c(=C\c2ccc(C(F)(F)F)cc2)c1=O. The molecule has 0 bridgehead atoms. The molecule has 5 nitrogen and oxygen atoms in total. The maximum absolute atomic E-state index is 12.7. The van der Waals surface area contributed by atoms with Crippen molar-refractivity contribution >= 4 is 23.0 Å². The number of halogens is 3. The van der Waals surface area contributed by atoms with Gasteiger partial charge in [-0.2, -0.15) is 23.7 Å². The fraction of sp³-hybridized carbons (Fsp3) is 0.316. The smallest absolute Gasteiger partial charge is 0.382 e. The number of ether oxygens (including phenoxy) is 1. The Labute approximate surface area is 162 Å². The Kier molecular flexibility index (Phi) is 7.16. The van der Waals surface area contributed by atoms with Crippen LogP contribution in [0.25, 0.3) is 11.6 Å². The number of nitriles is 2. The van der Waals surface area contributed by atoms with Crippen LogP contribution >= 0.6 is 11.3 Å². The molecule has 0 saturated heterocycles. The minimum atomic E-state index is -4.44. The molecule has 0 radical (unpaired) electrons. The molecule has 146 valence electrons. The zero-order valence-electron chi connectivity index (χ0n) is 14.9. The number of aromatic nitrogens is 1. The van der Waals surface area contributed by atoms with E-state index in [1.54, 1.807) is 12.1 Å². The summed E-state index contributed by atoms with van der Waals surface area (Å²) >= 11 is 0.962. The van der Waals surface area contributed by atoms with Crippen molar-refractivity contribution in [3.63, 3.8) is 0 Å². The Bertz CT molecular complexity index is 1070. The van der Waals surface area contributed by atoms with Crippen molar-refractivity contribution in [2.75, 3.05) is 13.2 Å². The predicted molar refractivity (Wildman–Crippen MR) is 98.6 cm³/mol. The first-order chi connectivity index (χ1) is 13.3. The first kappa shape index (κ1) is 21.4. The number of nitrogens with zero attached hydrogens (tertiary/aromatic N) is 3. The molecule has 28 heavy (non-hydrogen) atoms. The van der Waals surface area contributed by atoms with E-state index in [4.69, 9.17) is 15.3 Å². The van der Waals surface area contributed by atoms with Crippen LogP contribution in [0.5, 0.6) is 0 Å². The summed E-state index contributed by atoms with van der Waals surface area (Å²) in [5.41, 5.74) is -0.964. The van der Waals surface area contributed by atoms with Crippen LogP contribution in [0.4, 0.5) is 13.2 Å². The van der Waals surface area contributed by atoms with Crippen LogP contribution < -0.4 is 14.8 Å². The zero-order chi connectivity index (χ0) is 20.7. The largest absolute Gasteiger partial charge is 0.416 e. The average molecular weight is 407 g/mol. The molecule has 0 amide bonds. The normalized spacial score (nSPS) is 11.9. The van der Waals surface area contributed by atoms with Crippen molar-refractivity contribution in [2.24, 2.45) is 0 Å². The lowest BCUT2D eigenvalue weighted by molar-refractivity contribution is -0.137. The van der Waals surface area contributed by atoms with Gasteiger partial charge in [0.15, 0.2) is 5.57 Å². The van der Waals surface area contributed by atoms with E-state index in [1.807, 2.05) is 6.92 Å². The van der Waals surface area contributed by atoms with Gasteiger partial charge in [0, 0.05) is 19.8 Å². The second-order valence-corrected chi connectivity index (χ2v) is 6.67. The van der Waals surface area contributed by atoms with Crippen LogP contribution in [0.15, 0.2) is 29.1 Å². The lowest BCUT2D eigenvalue weighted by Crippen LogP contribution is -2.32. The average Bonchev–Trinajstić information content (AvgIpc) is 2.95. The summed E-state index contributed by atoms with van der Waals surface area (Å²) in [6.07, 6.45) is -2.48. The van der Waals surface area contributed by atoms with E-state index in [-0.39, 0.29) is 21.3 Å². The Morgan fingerprint density at radius 1 is 1.25 bits per heavy atom. The van der Waals surface area contributed by atoms with Crippen molar-refractivity contribution in [1.29, 1.82) is 10.5 Å². The summed E-state index contributed by atoms with van der Waals surface area (Å²) in [7, 11) is 0. The van der Waals surface area contributed by atoms with Crippen molar-refractivity contribution in [2.45, 2.75) is 26.1 Å². The van der Waals surface area contributed by atoms with Crippen molar-refractivity contribution in [3.8, 4) is 12.1 Å². The number of rotatable bonds is 6. The van der Waals surface area contributed by atoms with Crippen LogP contribution in [0, 0.1) is 22.7 Å². The van der Waals surface area contributed by atoms with E-state index in [0.717, 1.165) is 23.5 Å². The molecule has 0 unspecified atom stereocenters. The quantitative estimate of drug-likeness (QED) is 0.689. The number of alkyl halides is 3. The molecule has 0 spiro atoms. The van der Waals surface area contributed by atoms with Crippen LogP contribution in [0.1, 0.15) is 24.5 Å². The summed E-state index contributed by atoms with van der Waals surface area (Å²) < 4.78 is 45.0. The first-order valence-electron chi connectivity index (χ1n) is 8.32. The molecule has 2 rings (SSSR count). The molecule has 0 aliphatic heterocycles. The molecule has 0 N–H and O–H groups in total. The Hall–Kier alpha value is -2.88. The topological polar surface area (TPSA) is 78.8 Å². The van der Waals surface area contributed by atoms with E-state index in [2.05, 4.69) is 0 Å². The van der Waals surface area contributed by atoms with Gasteiger partial charge < -0.3 is 4.74 Å². The molecule has 0 aliphatic carbocycles. The molecule has 1 aromatic heterocycles. The maximum Gasteiger partial charge on any atom is 0.416 e. The zero-order valence-corrected chi connectivity index (χ0v) is 15.7. The number of benzene rings is 1. The highest BCUT2D eigenvalue weighted by molar-refractivity contribution is 7.07. The third-order valence-electron chi connectivity index (χ3n) is 3.76. The van der Waals surface area contributed by atoms with Gasteiger partial charge in [0.25, 0.3) is 5.56 Å². The molecule has 2 aromatic rings. The monoisotopic (exact) mass is 407 g/mol. The van der Waals surface area contributed by atoms with Crippen molar-refractivity contribution in [1.82, 2.24) is 4.57 Å². The van der Waals surface area contributed by atoms with Gasteiger partial charge in [-0.1, -0.05) is 12.1 Å². The number of hydrogen-bond acceptors (Lipinski definition) is 5. The van der Waals surface area contributed by atoms with Crippen molar-refractivity contribution in [3.05, 3.63) is 54.9 Å². The third-order valence-corrected chi connectivity index (χ3v) is 4.89. The molecule has 0 fully saturated rings. The maximum atomic E-state index is 12.7. The third kappa shape index (κ3) is 5.10. The molecular formula is C19H16F3N3O2S. The van der Waals surface area contributed by atoms with Gasteiger partial charge in [-0.15, -0.1) is 11.3 Å². The summed E-state index contributed by atoms with van der Waals surface area (Å²) in [6.45, 7) is 3.06. The molecule has 0 atom stereocenters. The molecule has 1 aromatic carbocycles. The second-order valence-electron chi connectivity index (χ2n) is 5.64.